The van der Waals surface area contributed by atoms with E-state index in [0.717, 1.165) is 28.1 Å². The third-order valence-electron chi connectivity index (χ3n) is 5.16. The van der Waals surface area contributed by atoms with Crippen molar-refractivity contribution >= 4 is 11.6 Å². The third kappa shape index (κ3) is 3.22. The lowest BCUT2D eigenvalue weighted by Crippen LogP contribution is -2.43. The van der Waals surface area contributed by atoms with Crippen molar-refractivity contribution in [2.45, 2.75) is 57.7 Å². The van der Waals surface area contributed by atoms with E-state index in [9.17, 15) is 5.11 Å². The monoisotopic (exact) mass is 358 g/mol. The molecule has 132 valence electrons. The molecule has 4 heteroatoms. The van der Waals surface area contributed by atoms with Crippen molar-refractivity contribution in [3.63, 3.8) is 0 Å². The Morgan fingerprint density at radius 1 is 1.24 bits per heavy atom. The fraction of sp³-hybridized carbons (Fsp3) is 0.429. The maximum Gasteiger partial charge on any atom is 0.198 e. The van der Waals surface area contributed by atoms with Gasteiger partial charge < -0.3 is 14.6 Å². The van der Waals surface area contributed by atoms with E-state index < -0.39 is 11.9 Å². The Hall–Kier alpha value is -1.39. The zero-order chi connectivity index (χ0) is 17.6. The molecule has 4 rings (SSSR count). The van der Waals surface area contributed by atoms with Gasteiger partial charge in [0, 0.05) is 17.0 Å². The molecule has 3 atom stereocenters. The Morgan fingerprint density at radius 3 is 2.72 bits per heavy atom. The molecule has 2 unspecified atom stereocenters. The van der Waals surface area contributed by atoms with Gasteiger partial charge in [-0.25, -0.2) is 0 Å². The highest BCUT2D eigenvalue weighted by Gasteiger charge is 2.47. The van der Waals surface area contributed by atoms with Crippen LogP contribution in [0.3, 0.4) is 0 Å². The summed E-state index contributed by atoms with van der Waals surface area (Å²) in [7, 11) is 0. The predicted molar refractivity (Wildman–Crippen MR) is 97.7 cm³/mol. The van der Waals surface area contributed by atoms with Crippen molar-refractivity contribution in [2.75, 3.05) is 0 Å². The highest BCUT2D eigenvalue weighted by Crippen LogP contribution is 2.46. The van der Waals surface area contributed by atoms with Crippen LogP contribution in [-0.4, -0.2) is 17.3 Å². The molecule has 2 aliphatic rings. The lowest BCUT2D eigenvalue weighted by atomic mass is 9.90. The van der Waals surface area contributed by atoms with Crippen LogP contribution in [0.2, 0.25) is 5.02 Å². The quantitative estimate of drug-likeness (QED) is 0.860. The largest absolute Gasteiger partial charge is 0.393 e. The Kier molecular flexibility index (Phi) is 4.37. The van der Waals surface area contributed by atoms with Gasteiger partial charge in [0.25, 0.3) is 0 Å². The minimum Gasteiger partial charge on any atom is -0.393 e. The standard InChI is InChI=1S/C21H23ClO3/c1-13-3-5-15(6-4-13)8-16-9-19-17(10-20(16)22)12-24-21(19)11-18(23)7-14(2)25-21/h3-6,9-10,14,18,23H,7-8,11-12H2,1-2H3/t14?,18?,21-/m1/s1. The number of hydrogen-bond donors (Lipinski definition) is 1. The second-order valence-corrected chi connectivity index (χ2v) is 7.73. The van der Waals surface area contributed by atoms with Gasteiger partial charge in [0.05, 0.1) is 18.8 Å². The summed E-state index contributed by atoms with van der Waals surface area (Å²) in [5.41, 5.74) is 5.60. The van der Waals surface area contributed by atoms with Gasteiger partial charge in [0.15, 0.2) is 5.79 Å². The minimum absolute atomic E-state index is 0.0362. The number of aliphatic hydroxyl groups excluding tert-OH is 1. The smallest absolute Gasteiger partial charge is 0.198 e. The van der Waals surface area contributed by atoms with Crippen LogP contribution < -0.4 is 0 Å². The summed E-state index contributed by atoms with van der Waals surface area (Å²) in [6.45, 7) is 4.54. The summed E-state index contributed by atoms with van der Waals surface area (Å²) in [4.78, 5) is 0. The molecule has 0 aromatic heterocycles. The Morgan fingerprint density at radius 2 is 2.00 bits per heavy atom. The highest BCUT2D eigenvalue weighted by molar-refractivity contribution is 6.31. The molecule has 1 spiro atoms. The Bertz CT molecular complexity index is 774. The van der Waals surface area contributed by atoms with Gasteiger partial charge in [-0.15, -0.1) is 0 Å². The van der Waals surface area contributed by atoms with Crippen molar-refractivity contribution in [3.8, 4) is 0 Å². The van der Waals surface area contributed by atoms with Gasteiger partial charge in [-0.1, -0.05) is 41.4 Å². The summed E-state index contributed by atoms with van der Waals surface area (Å²) in [6, 6.07) is 12.6. The van der Waals surface area contributed by atoms with Crippen molar-refractivity contribution in [3.05, 3.63) is 69.2 Å². The molecule has 0 saturated carbocycles. The average molecular weight is 359 g/mol. The van der Waals surface area contributed by atoms with Crippen LogP contribution in [0, 0.1) is 6.92 Å². The molecule has 2 aromatic rings. The van der Waals surface area contributed by atoms with Gasteiger partial charge in [-0.05, 0) is 55.5 Å². The minimum atomic E-state index is -0.834. The third-order valence-corrected chi connectivity index (χ3v) is 5.51. The first-order valence-corrected chi connectivity index (χ1v) is 9.20. The summed E-state index contributed by atoms with van der Waals surface area (Å²) < 4.78 is 12.2. The van der Waals surface area contributed by atoms with E-state index in [0.29, 0.717) is 19.4 Å². The van der Waals surface area contributed by atoms with Gasteiger partial charge in [0.1, 0.15) is 0 Å². The van der Waals surface area contributed by atoms with Crippen LogP contribution in [0.15, 0.2) is 36.4 Å². The first-order valence-electron chi connectivity index (χ1n) is 8.82. The maximum atomic E-state index is 10.2. The molecule has 0 bridgehead atoms. The van der Waals surface area contributed by atoms with Crippen molar-refractivity contribution < 1.29 is 14.6 Å². The summed E-state index contributed by atoms with van der Waals surface area (Å²) in [5, 5.41) is 11.0. The molecule has 2 heterocycles. The molecule has 2 aromatic carbocycles. The predicted octanol–water partition coefficient (Wildman–Crippen LogP) is 4.48. The van der Waals surface area contributed by atoms with Crippen LogP contribution in [0.5, 0.6) is 0 Å². The topological polar surface area (TPSA) is 38.7 Å². The van der Waals surface area contributed by atoms with Crippen molar-refractivity contribution in [1.29, 1.82) is 0 Å². The van der Waals surface area contributed by atoms with Gasteiger partial charge in [-0.2, -0.15) is 0 Å². The van der Waals surface area contributed by atoms with E-state index >= 15 is 0 Å². The number of aryl methyl sites for hydroxylation is 1. The molecular weight excluding hydrogens is 336 g/mol. The van der Waals surface area contributed by atoms with Gasteiger partial charge in [-0.3, -0.25) is 0 Å². The normalized spacial score (nSPS) is 28.3. The highest BCUT2D eigenvalue weighted by atomic mass is 35.5. The molecular formula is C21H23ClO3. The van der Waals surface area contributed by atoms with E-state index in [2.05, 4.69) is 37.3 Å². The van der Waals surface area contributed by atoms with E-state index in [1.807, 2.05) is 13.0 Å². The van der Waals surface area contributed by atoms with Gasteiger partial charge >= 0.3 is 0 Å². The summed E-state index contributed by atoms with van der Waals surface area (Å²) in [6.07, 6.45) is 1.43. The SMILES string of the molecule is Cc1ccc(Cc2cc3c(cc2Cl)CO[C@@]32CC(O)CC(C)O2)cc1. The molecule has 3 nitrogen and oxygen atoms in total. The summed E-state index contributed by atoms with van der Waals surface area (Å²) >= 11 is 6.53. The van der Waals surface area contributed by atoms with Crippen LogP contribution in [0.1, 0.15) is 47.6 Å². The molecule has 1 N–H and O–H groups in total. The lowest BCUT2D eigenvalue weighted by Gasteiger charge is -2.39. The zero-order valence-electron chi connectivity index (χ0n) is 14.6. The van der Waals surface area contributed by atoms with Gasteiger partial charge in [0.2, 0.25) is 0 Å². The number of rotatable bonds is 2. The van der Waals surface area contributed by atoms with E-state index in [1.165, 1.54) is 11.1 Å². The first-order chi connectivity index (χ1) is 11.9. The van der Waals surface area contributed by atoms with Crippen LogP contribution in [0.25, 0.3) is 0 Å². The Balaban J connectivity index is 1.70. The number of hydrogen-bond acceptors (Lipinski definition) is 3. The van der Waals surface area contributed by atoms with Crippen molar-refractivity contribution in [1.82, 2.24) is 0 Å². The molecule has 0 radical (unpaired) electrons. The Labute approximate surface area is 153 Å². The van der Waals surface area contributed by atoms with E-state index in [-0.39, 0.29) is 6.10 Å². The summed E-state index contributed by atoms with van der Waals surface area (Å²) in [5.74, 6) is -0.834. The average Bonchev–Trinajstić information content (AvgIpc) is 2.86. The number of aliphatic hydroxyl groups is 1. The fourth-order valence-corrected chi connectivity index (χ4v) is 4.18. The number of ether oxygens (including phenoxy) is 2. The molecule has 25 heavy (non-hydrogen) atoms. The molecule has 0 aliphatic carbocycles. The van der Waals surface area contributed by atoms with Crippen molar-refractivity contribution in [2.24, 2.45) is 0 Å². The number of halogens is 1. The fourth-order valence-electron chi connectivity index (χ4n) is 3.93. The number of benzene rings is 2. The van der Waals surface area contributed by atoms with E-state index in [4.69, 9.17) is 21.1 Å². The second-order valence-electron chi connectivity index (χ2n) is 7.33. The first kappa shape index (κ1) is 17.0. The second kappa shape index (κ2) is 6.40. The van der Waals surface area contributed by atoms with Crippen LogP contribution >= 0.6 is 11.6 Å². The maximum absolute atomic E-state index is 10.2. The molecule has 2 aliphatic heterocycles. The lowest BCUT2D eigenvalue weighted by molar-refractivity contribution is -0.295. The molecule has 1 fully saturated rings. The number of fused-ring (bicyclic) bond motifs is 2. The van der Waals surface area contributed by atoms with Crippen LogP contribution in [-0.2, 0) is 28.3 Å². The van der Waals surface area contributed by atoms with Crippen LogP contribution in [0.4, 0.5) is 0 Å². The molecule has 1 saturated heterocycles. The molecule has 0 amide bonds. The zero-order valence-corrected chi connectivity index (χ0v) is 15.3. The van der Waals surface area contributed by atoms with E-state index in [1.54, 1.807) is 0 Å².